The van der Waals surface area contributed by atoms with E-state index in [1.54, 1.807) is 24.3 Å². The van der Waals surface area contributed by atoms with Gasteiger partial charge in [-0.25, -0.2) is 0 Å². The molecule has 0 amide bonds. The average molecular weight is 415 g/mol. The molecule has 1 rings (SSSR count). The molecule has 0 aliphatic rings. The van der Waals surface area contributed by atoms with E-state index in [1.165, 1.54) is 0 Å². The molecule has 0 aromatic heterocycles. The van der Waals surface area contributed by atoms with Crippen molar-refractivity contribution in [2.24, 2.45) is 0 Å². The number of rotatable bonds is 0. The van der Waals surface area contributed by atoms with Crippen LogP contribution in [0.15, 0.2) is 30.3 Å². The Bertz CT molecular complexity index is 326. The second-order valence-electron chi connectivity index (χ2n) is 2.82. The minimum atomic E-state index is -6.00. The molecule has 0 fully saturated rings. The maximum Gasteiger partial charge on any atom is 1.00 e. The van der Waals surface area contributed by atoms with Crippen LogP contribution in [-0.2, 0) is 0 Å². The Balaban J connectivity index is -0.0000000470. The molecule has 0 heterocycles. The molecule has 0 aliphatic carbocycles. The van der Waals surface area contributed by atoms with E-state index >= 15 is 0 Å². The van der Waals surface area contributed by atoms with Gasteiger partial charge in [0.15, 0.2) is 0 Å². The molecule has 142 valence electrons. The Labute approximate surface area is 171 Å². The quantitative estimate of drug-likeness (QED) is 0.511. The van der Waals surface area contributed by atoms with Crippen molar-refractivity contribution in [1.29, 1.82) is 0 Å². The van der Waals surface area contributed by atoms with E-state index in [4.69, 9.17) is 5.11 Å². The molecule has 0 radical (unpaired) electrons. The number of hydrogen-bond donors (Lipinski definition) is 1. The zero-order chi connectivity index (χ0) is 18.6. The second-order valence-corrected chi connectivity index (χ2v) is 2.82. The molecule has 0 unspecified atom stereocenters. The smallest absolute Gasteiger partial charge is 1.00 e. The van der Waals surface area contributed by atoms with Crippen molar-refractivity contribution in [3.63, 3.8) is 0 Å². The Morgan fingerprint density at radius 2 is 0.750 bits per heavy atom. The van der Waals surface area contributed by atoms with Crippen LogP contribution in [-0.4, -0.2) is 26.9 Å². The summed E-state index contributed by atoms with van der Waals surface area (Å²) in [5, 5.41) is 8.63. The van der Waals surface area contributed by atoms with Crippen LogP contribution in [0, 0.1) is 0 Å². The van der Waals surface area contributed by atoms with Crippen molar-refractivity contribution in [2.75, 3.05) is 0 Å². The fourth-order valence-electron chi connectivity index (χ4n) is 0.428. The van der Waals surface area contributed by atoms with Gasteiger partial charge in [0.1, 0.15) is 5.75 Å². The van der Waals surface area contributed by atoms with Crippen molar-refractivity contribution in [1.82, 2.24) is 0 Å². The Hall–Kier alpha value is -0.0588. The van der Waals surface area contributed by atoms with Gasteiger partial charge in [-0.3, -0.25) is 4.70 Å². The molecule has 0 spiro atoms. The maximum atomic E-state index is 9.75. The molecule has 0 bridgehead atoms. The summed E-state index contributed by atoms with van der Waals surface area (Å²) in [6, 6.07) is 8.71. The fourth-order valence-corrected chi connectivity index (χ4v) is 0.428. The molecule has 0 saturated heterocycles. The summed E-state index contributed by atoms with van der Waals surface area (Å²) in [6.07, 6.45) is 0. The minimum absolute atomic E-state index is 0. The van der Waals surface area contributed by atoms with E-state index in [9.17, 15) is 51.8 Å². The van der Waals surface area contributed by atoms with Crippen LogP contribution in [0.2, 0.25) is 0 Å². The molecule has 0 saturated carbocycles. The molecular weight excluding hydrogens is 407 g/mol. The Morgan fingerprint density at radius 1 is 0.583 bits per heavy atom. The number of benzene rings is 1. The summed E-state index contributed by atoms with van der Waals surface area (Å²) in [5.74, 6) is 0.322. The van der Waals surface area contributed by atoms with Crippen LogP contribution in [0.5, 0.6) is 5.75 Å². The summed E-state index contributed by atoms with van der Waals surface area (Å²) in [6.45, 7) is 0. The Morgan fingerprint density at radius 3 is 0.833 bits per heavy atom. The molecule has 1 N–H and O–H groups in total. The summed E-state index contributed by atoms with van der Waals surface area (Å²) in [7, 11) is -18.0. The minimum Gasteiger partial charge on any atom is -1.00 e. The van der Waals surface area contributed by atoms with Gasteiger partial charge in [0.2, 0.25) is 0 Å². The molecule has 1 aromatic rings. The molecule has 24 heavy (non-hydrogen) atoms. The average Bonchev–Trinajstić information content (AvgIpc) is 2.09. The van der Waals surface area contributed by atoms with Crippen molar-refractivity contribution in [3.8, 4) is 5.75 Å². The van der Waals surface area contributed by atoms with Gasteiger partial charge in [0.05, 0.1) is 0 Å². The topological polar surface area (TPSA) is 20.2 Å². The van der Waals surface area contributed by atoms with E-state index in [1.807, 2.05) is 6.07 Å². The third-order valence-electron chi connectivity index (χ3n) is 0.756. The molecule has 18 heteroatoms. The summed E-state index contributed by atoms with van der Waals surface area (Å²) >= 11 is 0. The van der Waals surface area contributed by atoms with Gasteiger partial charge in [-0.05, 0) is 12.1 Å². The molecular formula is C6H8B3F13KO-3. The van der Waals surface area contributed by atoms with Crippen LogP contribution >= 0.6 is 0 Å². The summed E-state index contributed by atoms with van der Waals surface area (Å²) < 4.78 is 117. The van der Waals surface area contributed by atoms with E-state index in [0.717, 1.165) is 0 Å². The van der Waals surface area contributed by atoms with Crippen molar-refractivity contribution in [2.45, 2.75) is 0 Å². The summed E-state index contributed by atoms with van der Waals surface area (Å²) in [5.41, 5.74) is 0. The first kappa shape index (κ1) is 35.1. The van der Waals surface area contributed by atoms with Crippen molar-refractivity contribution >= 4 is 21.8 Å². The summed E-state index contributed by atoms with van der Waals surface area (Å²) in [4.78, 5) is 0. The van der Waals surface area contributed by atoms with Gasteiger partial charge < -0.3 is 58.3 Å². The number of phenolic OH excluding ortho intramolecular Hbond substituents is 1. The van der Waals surface area contributed by atoms with Gasteiger partial charge in [0, 0.05) is 0 Å². The van der Waals surface area contributed by atoms with E-state index < -0.39 is 21.8 Å². The third kappa shape index (κ3) is 153. The number of hydrogen-bond acceptors (Lipinski definition) is 1. The molecule has 1 aromatic carbocycles. The first-order chi connectivity index (χ1) is 9.39. The zero-order valence-corrected chi connectivity index (χ0v) is 14.6. The van der Waals surface area contributed by atoms with Crippen LogP contribution in [0.3, 0.4) is 0 Å². The third-order valence-corrected chi connectivity index (χ3v) is 0.756. The van der Waals surface area contributed by atoms with E-state index in [0.29, 0.717) is 5.75 Å². The number of para-hydroxylation sites is 1. The molecule has 0 aliphatic heterocycles. The zero-order valence-electron chi connectivity index (χ0n) is 12.5. The van der Waals surface area contributed by atoms with E-state index in [2.05, 4.69) is 0 Å². The monoisotopic (exact) mass is 415 g/mol. The van der Waals surface area contributed by atoms with Crippen LogP contribution < -0.4 is 51.4 Å². The first-order valence-electron chi connectivity index (χ1n) is 4.75. The molecule has 1 nitrogen and oxygen atoms in total. The van der Waals surface area contributed by atoms with Gasteiger partial charge in [-0.15, -0.1) is 0 Å². The predicted octanol–water partition coefficient (Wildman–Crippen LogP) is 2.56. The first-order valence-corrected chi connectivity index (χ1v) is 4.75. The predicted molar refractivity (Wildman–Crippen MR) is 62.3 cm³/mol. The van der Waals surface area contributed by atoms with Gasteiger partial charge >= 0.3 is 73.1 Å². The Kier molecular flexibility index (Phi) is 24.0. The second kappa shape index (κ2) is 16.4. The normalized spacial score (nSPS) is 10.0. The number of aromatic hydroxyl groups is 1. The van der Waals surface area contributed by atoms with Gasteiger partial charge in [-0.1, -0.05) is 18.2 Å². The van der Waals surface area contributed by atoms with Crippen LogP contribution in [0.1, 0.15) is 1.43 Å². The standard InChI is InChI=1S/C6H6O.3BF4.FH.K.H/c7-6-4-2-1-3-5-6;3*2-1(3,4)5;;;/h1-5,7H;;;;1H;;/q;3*-1;;+1;-1. The fraction of sp³-hybridized carbons (Fsp3) is 0. The van der Waals surface area contributed by atoms with Crippen molar-refractivity contribution < 1.29 is 114 Å². The van der Waals surface area contributed by atoms with Crippen LogP contribution in [0.4, 0.5) is 56.5 Å². The number of halogens is 13. The SMILES string of the molecule is F.F[B-](F)(F)F.F[B-](F)(F)F.F[B-](F)(F)F.Oc1ccccc1.[H-].[K+]. The van der Waals surface area contributed by atoms with Gasteiger partial charge in [0.25, 0.3) is 0 Å². The maximum absolute atomic E-state index is 9.75. The number of phenols is 1. The molecule has 0 atom stereocenters. The van der Waals surface area contributed by atoms with Crippen LogP contribution in [0.25, 0.3) is 0 Å². The van der Waals surface area contributed by atoms with E-state index in [-0.39, 0.29) is 57.5 Å². The van der Waals surface area contributed by atoms with Crippen molar-refractivity contribution in [3.05, 3.63) is 30.3 Å². The van der Waals surface area contributed by atoms with Gasteiger partial charge in [-0.2, -0.15) is 0 Å². The largest absolute Gasteiger partial charge is 1.00 e.